The van der Waals surface area contributed by atoms with E-state index in [1.807, 2.05) is 32.9 Å². The van der Waals surface area contributed by atoms with Crippen LogP contribution in [0.5, 0.6) is 0 Å². The first-order valence-corrected chi connectivity index (χ1v) is 6.45. The summed E-state index contributed by atoms with van der Waals surface area (Å²) in [5, 5.41) is 7.91. The lowest BCUT2D eigenvalue weighted by atomic mass is 10.1. The van der Waals surface area contributed by atoms with Gasteiger partial charge in [-0.25, -0.2) is 4.79 Å². The number of nitrogens with two attached hydrogens (primary N) is 1. The molecule has 0 spiro atoms. The van der Waals surface area contributed by atoms with E-state index in [-0.39, 0.29) is 18.0 Å². The lowest BCUT2D eigenvalue weighted by Crippen LogP contribution is -2.46. The van der Waals surface area contributed by atoms with Crippen molar-refractivity contribution >= 4 is 17.6 Å². The van der Waals surface area contributed by atoms with Crippen molar-refractivity contribution in [3.8, 4) is 0 Å². The van der Waals surface area contributed by atoms with Gasteiger partial charge in [0.05, 0.1) is 6.54 Å². The first-order valence-electron chi connectivity index (χ1n) is 6.45. The molecule has 1 aromatic rings. The Hall–Kier alpha value is -2.08. The molecular weight excluding hydrogens is 256 g/mol. The molecular formula is C14H22N4O2. The van der Waals surface area contributed by atoms with Gasteiger partial charge in [-0.1, -0.05) is 12.1 Å². The van der Waals surface area contributed by atoms with Gasteiger partial charge in [-0.3, -0.25) is 4.79 Å². The van der Waals surface area contributed by atoms with Gasteiger partial charge in [0.1, 0.15) is 0 Å². The highest BCUT2D eigenvalue weighted by molar-refractivity contribution is 5.92. The number of anilines is 1. The number of nitrogens with one attached hydrogen (secondary N) is 3. The summed E-state index contributed by atoms with van der Waals surface area (Å²) in [6.07, 6.45) is 0. The van der Waals surface area contributed by atoms with E-state index >= 15 is 0 Å². The van der Waals surface area contributed by atoms with Gasteiger partial charge in [0.2, 0.25) is 5.91 Å². The number of carbonyl (C=O) groups is 2. The summed E-state index contributed by atoms with van der Waals surface area (Å²) in [7, 11) is 0. The molecule has 0 bridgehead atoms. The highest BCUT2D eigenvalue weighted by Crippen LogP contribution is 2.09. The zero-order chi connectivity index (χ0) is 15.2. The van der Waals surface area contributed by atoms with Crippen LogP contribution in [0.2, 0.25) is 0 Å². The van der Waals surface area contributed by atoms with E-state index in [0.29, 0.717) is 12.2 Å². The third-order valence-corrected chi connectivity index (χ3v) is 2.34. The molecule has 0 aliphatic heterocycles. The van der Waals surface area contributed by atoms with E-state index in [2.05, 4.69) is 16.0 Å². The second-order valence-corrected chi connectivity index (χ2v) is 5.51. The van der Waals surface area contributed by atoms with Gasteiger partial charge in [-0.2, -0.15) is 0 Å². The van der Waals surface area contributed by atoms with Crippen LogP contribution in [0.15, 0.2) is 24.3 Å². The summed E-state index contributed by atoms with van der Waals surface area (Å²) in [6.45, 7) is 5.97. The topological polar surface area (TPSA) is 96.2 Å². The van der Waals surface area contributed by atoms with Crippen molar-refractivity contribution in [1.29, 1.82) is 0 Å². The first-order chi connectivity index (χ1) is 9.30. The number of hydrogen-bond acceptors (Lipinski definition) is 3. The summed E-state index contributed by atoms with van der Waals surface area (Å²) < 4.78 is 0. The Kier molecular flexibility index (Phi) is 5.52. The number of rotatable bonds is 4. The van der Waals surface area contributed by atoms with Crippen LogP contribution in [0.1, 0.15) is 26.3 Å². The van der Waals surface area contributed by atoms with Crippen LogP contribution in [-0.2, 0) is 11.3 Å². The Morgan fingerprint density at radius 2 is 1.95 bits per heavy atom. The summed E-state index contributed by atoms with van der Waals surface area (Å²) >= 11 is 0. The summed E-state index contributed by atoms with van der Waals surface area (Å²) in [5.74, 6) is -0.233. The maximum atomic E-state index is 11.6. The molecule has 5 N–H and O–H groups in total. The van der Waals surface area contributed by atoms with Crippen LogP contribution in [0.3, 0.4) is 0 Å². The van der Waals surface area contributed by atoms with Gasteiger partial charge in [0.15, 0.2) is 0 Å². The second-order valence-electron chi connectivity index (χ2n) is 5.51. The van der Waals surface area contributed by atoms with Crippen molar-refractivity contribution in [2.75, 3.05) is 11.9 Å². The van der Waals surface area contributed by atoms with Crippen LogP contribution in [0.4, 0.5) is 10.5 Å². The number of benzene rings is 1. The van der Waals surface area contributed by atoms with Crippen LogP contribution in [0.25, 0.3) is 0 Å². The average Bonchev–Trinajstić information content (AvgIpc) is 2.34. The van der Waals surface area contributed by atoms with E-state index < -0.39 is 6.03 Å². The Morgan fingerprint density at radius 1 is 1.25 bits per heavy atom. The largest absolute Gasteiger partial charge is 0.350 e. The quantitative estimate of drug-likeness (QED) is 0.666. The highest BCUT2D eigenvalue weighted by atomic mass is 16.2. The van der Waals surface area contributed by atoms with Gasteiger partial charge in [0, 0.05) is 17.8 Å². The molecule has 0 saturated carbocycles. The van der Waals surface area contributed by atoms with Crippen LogP contribution >= 0.6 is 0 Å². The van der Waals surface area contributed by atoms with Crippen molar-refractivity contribution in [3.63, 3.8) is 0 Å². The average molecular weight is 278 g/mol. The van der Waals surface area contributed by atoms with Crippen molar-refractivity contribution in [2.45, 2.75) is 32.9 Å². The molecule has 0 atom stereocenters. The first kappa shape index (κ1) is 16.0. The molecule has 1 rings (SSSR count). The number of carbonyl (C=O) groups excluding carboxylic acids is 2. The molecule has 0 aliphatic carbocycles. The van der Waals surface area contributed by atoms with Crippen LogP contribution in [-0.4, -0.2) is 24.0 Å². The molecule has 0 fully saturated rings. The lowest BCUT2D eigenvalue weighted by Gasteiger charge is -2.20. The molecule has 0 radical (unpaired) electrons. The minimum absolute atomic E-state index is 0.0698. The number of hydrogen-bond donors (Lipinski definition) is 4. The highest BCUT2D eigenvalue weighted by Gasteiger charge is 2.14. The van der Waals surface area contributed by atoms with Gasteiger partial charge >= 0.3 is 6.03 Å². The Labute approximate surface area is 119 Å². The predicted octanol–water partition coefficient (Wildman–Crippen LogP) is 1.18. The summed E-state index contributed by atoms with van der Waals surface area (Å²) in [5.41, 5.74) is 6.78. The molecule has 0 aromatic heterocycles. The van der Waals surface area contributed by atoms with Crippen molar-refractivity contribution in [2.24, 2.45) is 5.73 Å². The van der Waals surface area contributed by atoms with Crippen LogP contribution in [0, 0.1) is 0 Å². The molecule has 0 heterocycles. The predicted molar refractivity (Wildman–Crippen MR) is 79.3 cm³/mol. The normalized spacial score (nSPS) is 10.8. The van der Waals surface area contributed by atoms with Gasteiger partial charge < -0.3 is 21.7 Å². The Bertz CT molecular complexity index is 480. The minimum Gasteiger partial charge on any atom is -0.350 e. The molecule has 6 nitrogen and oxygen atoms in total. The van der Waals surface area contributed by atoms with Gasteiger partial charge in [-0.15, -0.1) is 0 Å². The molecule has 6 heteroatoms. The van der Waals surface area contributed by atoms with E-state index in [1.165, 1.54) is 0 Å². The molecule has 0 unspecified atom stereocenters. The van der Waals surface area contributed by atoms with Gasteiger partial charge in [-0.05, 0) is 38.5 Å². The fraction of sp³-hybridized carbons (Fsp3) is 0.429. The van der Waals surface area contributed by atoms with Crippen molar-refractivity contribution < 1.29 is 9.59 Å². The third kappa shape index (κ3) is 6.19. The van der Waals surface area contributed by atoms with E-state index in [4.69, 9.17) is 5.73 Å². The molecule has 110 valence electrons. The minimum atomic E-state index is -0.428. The summed E-state index contributed by atoms with van der Waals surface area (Å²) in [4.78, 5) is 23.2. The fourth-order valence-corrected chi connectivity index (χ4v) is 1.57. The Balaban J connectivity index is 2.42. The van der Waals surface area contributed by atoms with Crippen LogP contribution < -0.4 is 21.7 Å². The van der Waals surface area contributed by atoms with E-state index in [1.54, 1.807) is 12.1 Å². The van der Waals surface area contributed by atoms with Crippen molar-refractivity contribution in [1.82, 2.24) is 10.6 Å². The Morgan fingerprint density at radius 3 is 2.55 bits per heavy atom. The third-order valence-electron chi connectivity index (χ3n) is 2.34. The maximum Gasteiger partial charge on any atom is 0.319 e. The molecule has 3 amide bonds. The standard InChI is InChI=1S/C14H22N4O2/c1-14(2,3)18-12(19)9-16-13(20)17-11-6-4-5-10(7-11)8-15/h4-7H,8-9,15H2,1-3H3,(H,18,19)(H2,16,17,20). The fourth-order valence-electron chi connectivity index (χ4n) is 1.57. The van der Waals surface area contributed by atoms with E-state index in [0.717, 1.165) is 5.56 Å². The number of urea groups is 1. The SMILES string of the molecule is CC(C)(C)NC(=O)CNC(=O)Nc1cccc(CN)c1. The molecule has 0 aliphatic rings. The zero-order valence-corrected chi connectivity index (χ0v) is 12.1. The lowest BCUT2D eigenvalue weighted by molar-refractivity contribution is -0.121. The smallest absolute Gasteiger partial charge is 0.319 e. The molecule has 0 saturated heterocycles. The zero-order valence-electron chi connectivity index (χ0n) is 12.1. The van der Waals surface area contributed by atoms with E-state index in [9.17, 15) is 9.59 Å². The van der Waals surface area contributed by atoms with Crippen molar-refractivity contribution in [3.05, 3.63) is 29.8 Å². The van der Waals surface area contributed by atoms with Gasteiger partial charge in [0.25, 0.3) is 0 Å². The summed E-state index contributed by atoms with van der Waals surface area (Å²) in [6, 6.07) is 6.80. The second kappa shape index (κ2) is 6.91. The number of amides is 3. The monoisotopic (exact) mass is 278 g/mol. The maximum absolute atomic E-state index is 11.6. The molecule has 1 aromatic carbocycles. The molecule has 20 heavy (non-hydrogen) atoms.